The van der Waals surface area contributed by atoms with E-state index < -0.39 is 5.82 Å². The number of thioether (sulfide) groups is 1. The van der Waals surface area contributed by atoms with Gasteiger partial charge in [0.1, 0.15) is 10.8 Å². The molecule has 0 bridgehead atoms. The van der Waals surface area contributed by atoms with Crippen LogP contribution in [0.25, 0.3) is 0 Å². The summed E-state index contributed by atoms with van der Waals surface area (Å²) in [5, 5.41) is 2.63. The Morgan fingerprint density at radius 3 is 2.88 bits per heavy atom. The van der Waals surface area contributed by atoms with Crippen molar-refractivity contribution in [1.82, 2.24) is 0 Å². The molecule has 0 saturated carbocycles. The predicted octanol–water partition coefficient (Wildman–Crippen LogP) is 1.76. The molecular weight excluding hydrogens is 247 g/mol. The Morgan fingerprint density at radius 1 is 1.62 bits per heavy atom. The van der Waals surface area contributed by atoms with E-state index >= 15 is 0 Å². The highest BCUT2D eigenvalue weighted by Crippen LogP contribution is 2.17. The lowest BCUT2D eigenvalue weighted by molar-refractivity contribution is -0.113. The second-order valence-electron chi connectivity index (χ2n) is 3.04. The molecule has 0 radical (unpaired) electrons. The molecule has 1 amide bonds. The molecular formula is C10H11FN2OS2. The molecule has 0 aliphatic carbocycles. The number of carbonyl (C=O) groups excluding carboxylic acids is 1. The molecule has 0 fully saturated rings. The van der Waals surface area contributed by atoms with Gasteiger partial charge in [-0.2, -0.15) is 11.8 Å². The minimum atomic E-state index is -0.439. The molecule has 0 atom stereocenters. The van der Waals surface area contributed by atoms with Crippen LogP contribution < -0.4 is 11.1 Å². The maximum absolute atomic E-state index is 13.0. The van der Waals surface area contributed by atoms with Crippen LogP contribution in [0.4, 0.5) is 10.1 Å². The van der Waals surface area contributed by atoms with Gasteiger partial charge in [-0.3, -0.25) is 4.79 Å². The van der Waals surface area contributed by atoms with Gasteiger partial charge in [0.05, 0.1) is 11.4 Å². The minimum Gasteiger partial charge on any atom is -0.389 e. The van der Waals surface area contributed by atoms with E-state index in [4.69, 9.17) is 18.0 Å². The van der Waals surface area contributed by atoms with Crippen molar-refractivity contribution in [2.75, 3.05) is 17.3 Å². The summed E-state index contributed by atoms with van der Waals surface area (Å²) in [5.41, 5.74) is 6.22. The van der Waals surface area contributed by atoms with Crippen LogP contribution in [-0.2, 0) is 4.79 Å². The molecule has 3 N–H and O–H groups in total. The largest absolute Gasteiger partial charge is 0.389 e. The van der Waals surface area contributed by atoms with Crippen LogP contribution in [0.3, 0.4) is 0 Å². The van der Waals surface area contributed by atoms with Crippen molar-refractivity contribution < 1.29 is 9.18 Å². The lowest BCUT2D eigenvalue weighted by Gasteiger charge is -2.09. The van der Waals surface area contributed by atoms with Crippen molar-refractivity contribution in [3.8, 4) is 0 Å². The van der Waals surface area contributed by atoms with Crippen molar-refractivity contribution in [2.45, 2.75) is 0 Å². The third kappa shape index (κ3) is 3.46. The lowest BCUT2D eigenvalue weighted by Crippen LogP contribution is -2.19. The summed E-state index contributed by atoms with van der Waals surface area (Å²) in [4.78, 5) is 11.4. The molecule has 86 valence electrons. The number of halogens is 1. The van der Waals surface area contributed by atoms with Gasteiger partial charge in [-0.15, -0.1) is 0 Å². The average molecular weight is 258 g/mol. The fraction of sp³-hybridized carbons (Fsp3) is 0.200. The van der Waals surface area contributed by atoms with Gasteiger partial charge in [0.2, 0.25) is 5.91 Å². The van der Waals surface area contributed by atoms with Gasteiger partial charge in [-0.05, 0) is 24.5 Å². The summed E-state index contributed by atoms with van der Waals surface area (Å²) in [5.74, 6) is -0.281. The van der Waals surface area contributed by atoms with E-state index in [2.05, 4.69) is 5.32 Å². The Labute approximate surface area is 103 Å². The Bertz CT molecular complexity index is 423. The Hall–Kier alpha value is -1.14. The van der Waals surface area contributed by atoms with Gasteiger partial charge in [0.25, 0.3) is 0 Å². The molecule has 0 aliphatic heterocycles. The molecule has 3 nitrogen and oxygen atoms in total. The second kappa shape index (κ2) is 5.81. The fourth-order valence-electron chi connectivity index (χ4n) is 1.15. The number of carbonyl (C=O) groups is 1. The predicted molar refractivity (Wildman–Crippen MR) is 69.3 cm³/mol. The third-order valence-electron chi connectivity index (χ3n) is 1.80. The fourth-order valence-corrected chi connectivity index (χ4v) is 1.65. The summed E-state index contributed by atoms with van der Waals surface area (Å²) in [7, 11) is 0. The molecule has 0 saturated heterocycles. The van der Waals surface area contributed by atoms with Gasteiger partial charge >= 0.3 is 0 Å². The third-order valence-corrected chi connectivity index (χ3v) is 2.57. The van der Waals surface area contributed by atoms with Gasteiger partial charge < -0.3 is 11.1 Å². The van der Waals surface area contributed by atoms with Gasteiger partial charge in [0, 0.05) is 5.56 Å². The number of rotatable bonds is 4. The van der Waals surface area contributed by atoms with Crippen LogP contribution in [0, 0.1) is 5.82 Å². The zero-order valence-electron chi connectivity index (χ0n) is 8.62. The van der Waals surface area contributed by atoms with E-state index in [1.54, 1.807) is 0 Å². The molecule has 1 rings (SSSR count). The van der Waals surface area contributed by atoms with Crippen LogP contribution in [0.5, 0.6) is 0 Å². The maximum Gasteiger partial charge on any atom is 0.234 e. The quantitative estimate of drug-likeness (QED) is 0.808. The van der Waals surface area contributed by atoms with Crippen LogP contribution in [-0.4, -0.2) is 22.9 Å². The van der Waals surface area contributed by atoms with Crippen LogP contribution >= 0.6 is 24.0 Å². The lowest BCUT2D eigenvalue weighted by atomic mass is 10.1. The van der Waals surface area contributed by atoms with E-state index in [-0.39, 0.29) is 10.9 Å². The molecule has 1 aromatic carbocycles. The zero-order valence-corrected chi connectivity index (χ0v) is 10.3. The topological polar surface area (TPSA) is 55.1 Å². The van der Waals surface area contributed by atoms with Crippen LogP contribution in [0.1, 0.15) is 5.56 Å². The van der Waals surface area contributed by atoms with Crippen LogP contribution in [0.15, 0.2) is 18.2 Å². The zero-order chi connectivity index (χ0) is 12.1. The average Bonchev–Trinajstić information content (AvgIpc) is 2.20. The first-order chi connectivity index (χ1) is 7.54. The second-order valence-corrected chi connectivity index (χ2v) is 4.34. The highest BCUT2D eigenvalue weighted by molar-refractivity contribution is 7.99. The molecule has 0 heterocycles. The van der Waals surface area contributed by atoms with E-state index in [1.807, 2.05) is 6.26 Å². The molecule has 0 unspecified atom stereocenters. The number of nitrogens with one attached hydrogen (secondary N) is 1. The van der Waals surface area contributed by atoms with Gasteiger partial charge in [0.15, 0.2) is 0 Å². The number of amides is 1. The standard InChI is InChI=1S/C10H11FN2OS2/c1-16-5-9(14)13-8-3-2-6(11)4-7(8)10(12)15/h2-4H,5H2,1H3,(H2,12,15)(H,13,14). The summed E-state index contributed by atoms with van der Waals surface area (Å²) < 4.78 is 13.0. The van der Waals surface area contributed by atoms with E-state index in [0.29, 0.717) is 17.0 Å². The van der Waals surface area contributed by atoms with Crippen LogP contribution in [0.2, 0.25) is 0 Å². The van der Waals surface area contributed by atoms with Crippen molar-refractivity contribution in [3.63, 3.8) is 0 Å². The summed E-state index contributed by atoms with van der Waals surface area (Å²) in [6.45, 7) is 0. The molecule has 0 aromatic heterocycles. The first-order valence-corrected chi connectivity index (χ1v) is 6.23. The Morgan fingerprint density at radius 2 is 2.31 bits per heavy atom. The van der Waals surface area contributed by atoms with E-state index in [0.717, 1.165) is 0 Å². The maximum atomic E-state index is 13.0. The van der Waals surface area contributed by atoms with Crippen molar-refractivity contribution in [2.24, 2.45) is 5.73 Å². The molecule has 0 aliphatic rings. The normalized spacial score (nSPS) is 9.88. The SMILES string of the molecule is CSCC(=O)Nc1ccc(F)cc1C(N)=S. The number of hydrogen-bond donors (Lipinski definition) is 2. The molecule has 16 heavy (non-hydrogen) atoms. The highest BCUT2D eigenvalue weighted by Gasteiger charge is 2.09. The minimum absolute atomic E-state index is 0.0546. The first-order valence-electron chi connectivity index (χ1n) is 4.42. The highest BCUT2D eigenvalue weighted by atomic mass is 32.2. The van der Waals surface area contributed by atoms with E-state index in [9.17, 15) is 9.18 Å². The monoisotopic (exact) mass is 258 g/mol. The number of nitrogens with two attached hydrogens (primary N) is 1. The Kier molecular flexibility index (Phi) is 4.70. The molecule has 0 spiro atoms. The number of anilines is 1. The summed E-state index contributed by atoms with van der Waals surface area (Å²) in [6, 6.07) is 3.90. The van der Waals surface area contributed by atoms with Gasteiger partial charge in [-0.1, -0.05) is 12.2 Å². The van der Waals surface area contributed by atoms with Crippen molar-refractivity contribution in [3.05, 3.63) is 29.6 Å². The number of hydrogen-bond acceptors (Lipinski definition) is 3. The Balaban J connectivity index is 2.95. The number of benzene rings is 1. The number of thiocarbonyl (C=S) groups is 1. The summed E-state index contributed by atoms with van der Waals surface area (Å²) >= 11 is 6.18. The molecule has 1 aromatic rings. The summed E-state index contributed by atoms with van der Waals surface area (Å²) in [6.07, 6.45) is 1.82. The van der Waals surface area contributed by atoms with Crippen molar-refractivity contribution >= 4 is 40.6 Å². The van der Waals surface area contributed by atoms with Gasteiger partial charge in [-0.25, -0.2) is 4.39 Å². The van der Waals surface area contributed by atoms with Crippen molar-refractivity contribution in [1.29, 1.82) is 0 Å². The first kappa shape index (κ1) is 12.9. The smallest absolute Gasteiger partial charge is 0.234 e. The van der Waals surface area contributed by atoms with E-state index in [1.165, 1.54) is 30.0 Å². The molecule has 6 heteroatoms.